The van der Waals surface area contributed by atoms with Crippen LogP contribution in [0.3, 0.4) is 0 Å². The van der Waals surface area contributed by atoms with Crippen molar-refractivity contribution in [2.75, 3.05) is 0 Å². The van der Waals surface area contributed by atoms with Crippen molar-refractivity contribution in [1.29, 1.82) is 0 Å². The molecule has 0 radical (unpaired) electrons. The van der Waals surface area contributed by atoms with Gasteiger partial charge in [0.05, 0.1) is 10.6 Å². The predicted octanol–water partition coefficient (Wildman–Crippen LogP) is 5.74. The number of halogens is 6. The lowest BCUT2D eigenvalue weighted by Crippen LogP contribution is -2.17. The first kappa shape index (κ1) is 18.5. The van der Waals surface area contributed by atoms with E-state index < -0.39 is 33.8 Å². The molecular weight excluding hydrogens is 397 g/mol. The summed E-state index contributed by atoms with van der Waals surface area (Å²) in [6.07, 6.45) is -3.45. The van der Waals surface area contributed by atoms with Crippen LogP contribution in [-0.2, 0) is 12.1 Å². The highest BCUT2D eigenvalue weighted by molar-refractivity contribution is 7.71. The monoisotopic (exact) mass is 405 g/mol. The second-order valence-corrected chi connectivity index (χ2v) is 6.14. The Balaban J connectivity index is 2.01. The fourth-order valence-corrected chi connectivity index (χ4v) is 2.80. The summed E-state index contributed by atoms with van der Waals surface area (Å²) in [5.74, 6) is -3.64. The van der Waals surface area contributed by atoms with Gasteiger partial charge in [-0.15, -0.1) is 0 Å². The molecule has 3 nitrogen and oxygen atoms in total. The average Bonchev–Trinajstić information content (AvgIpc) is 3.00. The molecule has 0 aliphatic rings. The second-order valence-electron chi connectivity index (χ2n) is 5.35. The van der Waals surface area contributed by atoms with Crippen LogP contribution in [0.15, 0.2) is 48.8 Å². The van der Waals surface area contributed by atoms with Gasteiger partial charge in [-0.25, -0.2) is 0 Å². The minimum Gasteiger partial charge on any atom is -0.275 e. The number of H-pyrrole nitrogens is 1. The first-order valence-electron chi connectivity index (χ1n) is 7.08. The minimum absolute atomic E-state index is 0.275. The third-order valence-electron chi connectivity index (χ3n) is 3.69. The molecule has 0 bridgehead atoms. The fraction of sp³-hybridized carbons (Fsp3) is 0.125. The summed E-state index contributed by atoms with van der Waals surface area (Å²) in [7, 11) is 0. The summed E-state index contributed by atoms with van der Waals surface area (Å²) in [4.78, 5) is 0. The molecule has 10 heteroatoms. The zero-order valence-electron chi connectivity index (χ0n) is 12.7. The number of hydrogen-bond acceptors (Lipinski definition) is 2. The molecule has 0 aliphatic carbocycles. The number of nitrogens with one attached hydrogen (secondary N) is 1. The highest BCUT2D eigenvalue weighted by Gasteiger charge is 2.39. The molecule has 1 N–H and O–H groups in total. The van der Waals surface area contributed by atoms with Gasteiger partial charge in [0.25, 0.3) is 5.92 Å². The van der Waals surface area contributed by atoms with Crippen molar-refractivity contribution < 1.29 is 22.0 Å². The van der Waals surface area contributed by atoms with Crippen molar-refractivity contribution in [1.82, 2.24) is 14.8 Å². The summed E-state index contributed by atoms with van der Waals surface area (Å²) in [6, 6.07) is 7.02. The number of aromatic nitrogens is 3. The van der Waals surface area contributed by atoms with Crippen molar-refractivity contribution in [2.45, 2.75) is 12.1 Å². The van der Waals surface area contributed by atoms with Crippen molar-refractivity contribution in [3.05, 3.63) is 75.3 Å². The lowest BCUT2D eigenvalue weighted by atomic mass is 9.98. The number of aromatic amines is 1. The maximum absolute atomic E-state index is 14.7. The normalized spacial score (nSPS) is 12.4. The van der Waals surface area contributed by atoms with Crippen molar-refractivity contribution in [3.8, 4) is 5.69 Å². The molecule has 0 fully saturated rings. The number of hydrogen-bond donors (Lipinski definition) is 1. The molecule has 0 aliphatic heterocycles. The van der Waals surface area contributed by atoms with Gasteiger partial charge >= 0.3 is 6.18 Å². The van der Waals surface area contributed by atoms with Crippen LogP contribution >= 0.6 is 23.8 Å². The van der Waals surface area contributed by atoms with Crippen LogP contribution in [0.2, 0.25) is 5.02 Å². The van der Waals surface area contributed by atoms with E-state index in [-0.39, 0.29) is 4.77 Å². The van der Waals surface area contributed by atoms with Crippen molar-refractivity contribution in [3.63, 3.8) is 0 Å². The molecular formula is C16H9ClF5N3S. The highest BCUT2D eigenvalue weighted by atomic mass is 35.5. The maximum atomic E-state index is 14.7. The standard InChI is InChI=1S/C16H9ClF5N3S/c17-13-6-3-10(7-12(13)16(20,21)22)15(18,19)9-1-4-11(5-2-9)25-8-23-24-14(25)26/h1-8H,(H,24,26). The lowest BCUT2D eigenvalue weighted by molar-refractivity contribution is -0.137. The van der Waals surface area contributed by atoms with Crippen LogP contribution in [0.25, 0.3) is 5.69 Å². The zero-order valence-corrected chi connectivity index (χ0v) is 14.3. The second kappa shape index (κ2) is 6.48. The van der Waals surface area contributed by atoms with Crippen LogP contribution in [0, 0.1) is 4.77 Å². The third-order valence-corrected chi connectivity index (χ3v) is 4.31. The van der Waals surface area contributed by atoms with E-state index >= 15 is 0 Å². The Bertz CT molecular complexity index is 992. The molecule has 0 spiro atoms. The van der Waals surface area contributed by atoms with E-state index in [1.165, 1.54) is 23.0 Å². The molecule has 0 unspecified atom stereocenters. The van der Waals surface area contributed by atoms with Crippen molar-refractivity contribution >= 4 is 23.8 Å². The highest BCUT2D eigenvalue weighted by Crippen LogP contribution is 2.41. The SMILES string of the molecule is FC(F)(F)c1cc(C(F)(F)c2ccc(-n3cn[nH]c3=S)cc2)ccc1Cl. The molecule has 2 aromatic carbocycles. The first-order valence-corrected chi connectivity index (χ1v) is 7.87. The molecule has 0 amide bonds. The maximum Gasteiger partial charge on any atom is 0.417 e. The Morgan fingerprint density at radius 1 is 0.962 bits per heavy atom. The Hall–Kier alpha value is -2.26. The molecule has 3 rings (SSSR count). The summed E-state index contributed by atoms with van der Waals surface area (Å²) in [6.45, 7) is 0. The number of alkyl halides is 5. The predicted molar refractivity (Wildman–Crippen MR) is 88.2 cm³/mol. The van der Waals surface area contributed by atoms with Crippen LogP contribution in [-0.4, -0.2) is 14.8 Å². The van der Waals surface area contributed by atoms with Gasteiger partial charge in [0.1, 0.15) is 6.33 Å². The Morgan fingerprint density at radius 3 is 2.12 bits per heavy atom. The molecule has 3 aromatic rings. The molecule has 26 heavy (non-hydrogen) atoms. The molecule has 136 valence electrons. The third kappa shape index (κ3) is 3.36. The van der Waals surface area contributed by atoms with E-state index in [9.17, 15) is 22.0 Å². The van der Waals surface area contributed by atoms with E-state index in [0.717, 1.165) is 24.3 Å². The van der Waals surface area contributed by atoms with Gasteiger partial charge in [-0.1, -0.05) is 29.8 Å². The van der Waals surface area contributed by atoms with Gasteiger partial charge in [0.2, 0.25) is 0 Å². The minimum atomic E-state index is -4.83. The Kier molecular flexibility index (Phi) is 4.61. The summed E-state index contributed by atoms with van der Waals surface area (Å²) in [5, 5.41) is 5.61. The quantitative estimate of drug-likeness (QED) is 0.445. The van der Waals surface area contributed by atoms with E-state index in [0.29, 0.717) is 11.8 Å². The number of nitrogens with zero attached hydrogens (tertiary/aromatic N) is 2. The Morgan fingerprint density at radius 2 is 1.58 bits per heavy atom. The molecule has 0 saturated heterocycles. The molecule has 1 heterocycles. The summed E-state index contributed by atoms with van der Waals surface area (Å²) >= 11 is 10.5. The van der Waals surface area contributed by atoms with Gasteiger partial charge in [-0.05, 0) is 36.5 Å². The van der Waals surface area contributed by atoms with E-state index in [4.69, 9.17) is 23.8 Å². The van der Waals surface area contributed by atoms with Gasteiger partial charge in [0, 0.05) is 16.8 Å². The molecule has 1 aromatic heterocycles. The summed E-state index contributed by atoms with van der Waals surface area (Å²) < 4.78 is 69.9. The average molecular weight is 406 g/mol. The molecule has 0 saturated carbocycles. The first-order chi connectivity index (χ1) is 12.1. The summed E-state index contributed by atoms with van der Waals surface area (Å²) in [5.41, 5.74) is -2.10. The zero-order chi connectivity index (χ0) is 19.1. The lowest BCUT2D eigenvalue weighted by Gasteiger charge is -2.19. The topological polar surface area (TPSA) is 33.6 Å². The Labute approximate surface area is 154 Å². The fourth-order valence-electron chi connectivity index (χ4n) is 2.37. The van der Waals surface area contributed by atoms with Crippen LogP contribution in [0.5, 0.6) is 0 Å². The van der Waals surface area contributed by atoms with Crippen molar-refractivity contribution in [2.24, 2.45) is 0 Å². The van der Waals surface area contributed by atoms with E-state index in [1.807, 2.05) is 0 Å². The number of benzene rings is 2. The van der Waals surface area contributed by atoms with Gasteiger partial charge in [0.15, 0.2) is 4.77 Å². The van der Waals surface area contributed by atoms with E-state index in [2.05, 4.69) is 10.2 Å². The van der Waals surface area contributed by atoms with E-state index in [1.54, 1.807) is 0 Å². The van der Waals surface area contributed by atoms with Gasteiger partial charge in [-0.3, -0.25) is 9.67 Å². The molecule has 0 atom stereocenters. The largest absolute Gasteiger partial charge is 0.417 e. The van der Waals surface area contributed by atoms with Crippen LogP contribution < -0.4 is 0 Å². The van der Waals surface area contributed by atoms with Crippen LogP contribution in [0.1, 0.15) is 16.7 Å². The smallest absolute Gasteiger partial charge is 0.275 e. The van der Waals surface area contributed by atoms with Gasteiger partial charge in [-0.2, -0.15) is 27.1 Å². The van der Waals surface area contributed by atoms with Gasteiger partial charge < -0.3 is 0 Å². The van der Waals surface area contributed by atoms with Crippen LogP contribution in [0.4, 0.5) is 22.0 Å². The number of rotatable bonds is 3.